The predicted octanol–water partition coefficient (Wildman–Crippen LogP) is 1.81. The smallest absolute Gasteiger partial charge is 0.315 e. The van der Waals surface area contributed by atoms with Crippen LogP contribution in [0.25, 0.3) is 0 Å². The maximum absolute atomic E-state index is 12.8. The molecule has 1 aliphatic rings. The summed E-state index contributed by atoms with van der Waals surface area (Å²) >= 11 is 0. The van der Waals surface area contributed by atoms with Crippen LogP contribution in [0.5, 0.6) is 5.75 Å². The van der Waals surface area contributed by atoms with Crippen molar-refractivity contribution in [3.05, 3.63) is 29.8 Å². The fraction of sp³-hybridized carbons (Fsp3) is 0.417. The Kier molecular flexibility index (Phi) is 3.96. The molecule has 2 rings (SSSR count). The van der Waals surface area contributed by atoms with E-state index < -0.39 is 11.6 Å². The van der Waals surface area contributed by atoms with E-state index in [9.17, 15) is 13.6 Å². The Labute approximate surface area is 103 Å². The SMILES string of the molecule is O=C(NCCOc1ccc(F)c(F)c1)NC1CC1. The van der Waals surface area contributed by atoms with Gasteiger partial charge in [-0.3, -0.25) is 0 Å². The van der Waals surface area contributed by atoms with Crippen LogP contribution in [0.15, 0.2) is 18.2 Å². The molecule has 0 aliphatic heterocycles. The lowest BCUT2D eigenvalue weighted by Gasteiger charge is -2.08. The van der Waals surface area contributed by atoms with Crippen LogP contribution in [0, 0.1) is 11.6 Å². The van der Waals surface area contributed by atoms with Crippen LogP contribution in [-0.4, -0.2) is 25.2 Å². The van der Waals surface area contributed by atoms with Gasteiger partial charge in [-0.15, -0.1) is 0 Å². The van der Waals surface area contributed by atoms with E-state index in [-0.39, 0.29) is 18.4 Å². The van der Waals surface area contributed by atoms with Crippen LogP contribution in [0.1, 0.15) is 12.8 Å². The van der Waals surface area contributed by atoms with Crippen molar-refractivity contribution in [1.29, 1.82) is 0 Å². The molecule has 1 aliphatic carbocycles. The standard InChI is InChI=1S/C12H14F2N2O2/c13-10-4-3-9(7-11(10)14)18-6-5-15-12(17)16-8-1-2-8/h3-4,7-8H,1-2,5-6H2,(H2,15,16,17). The van der Waals surface area contributed by atoms with Gasteiger partial charge in [-0.05, 0) is 25.0 Å². The minimum atomic E-state index is -0.952. The minimum absolute atomic E-state index is 0.198. The number of hydrogen-bond donors (Lipinski definition) is 2. The Balaban J connectivity index is 1.64. The van der Waals surface area contributed by atoms with Crippen molar-refractivity contribution in [3.8, 4) is 5.75 Å². The number of urea groups is 1. The Bertz CT molecular complexity index is 436. The van der Waals surface area contributed by atoms with Gasteiger partial charge in [0.15, 0.2) is 11.6 Å². The highest BCUT2D eigenvalue weighted by molar-refractivity contribution is 5.74. The van der Waals surface area contributed by atoms with Crippen molar-refractivity contribution < 1.29 is 18.3 Å². The lowest BCUT2D eigenvalue weighted by molar-refractivity contribution is 0.236. The lowest BCUT2D eigenvalue weighted by atomic mass is 10.3. The highest BCUT2D eigenvalue weighted by Gasteiger charge is 2.22. The van der Waals surface area contributed by atoms with Crippen LogP contribution in [0.2, 0.25) is 0 Å². The third-order valence-electron chi connectivity index (χ3n) is 2.46. The molecule has 1 saturated carbocycles. The zero-order chi connectivity index (χ0) is 13.0. The molecular weight excluding hydrogens is 242 g/mol. The summed E-state index contributed by atoms with van der Waals surface area (Å²) < 4.78 is 30.6. The molecule has 6 heteroatoms. The van der Waals surface area contributed by atoms with Crippen molar-refractivity contribution in [2.45, 2.75) is 18.9 Å². The fourth-order valence-electron chi connectivity index (χ4n) is 1.36. The van der Waals surface area contributed by atoms with E-state index in [1.54, 1.807) is 0 Å². The first-order chi connectivity index (χ1) is 8.65. The van der Waals surface area contributed by atoms with E-state index in [1.165, 1.54) is 6.07 Å². The van der Waals surface area contributed by atoms with E-state index in [4.69, 9.17) is 4.74 Å². The molecule has 2 N–H and O–H groups in total. The summed E-state index contributed by atoms with van der Waals surface area (Å²) in [5.41, 5.74) is 0. The van der Waals surface area contributed by atoms with Crippen molar-refractivity contribution >= 4 is 6.03 Å². The molecule has 0 radical (unpaired) electrons. The van der Waals surface area contributed by atoms with Crippen LogP contribution in [0.4, 0.5) is 13.6 Å². The molecule has 4 nitrogen and oxygen atoms in total. The summed E-state index contributed by atoms with van der Waals surface area (Å²) in [6.45, 7) is 0.501. The topological polar surface area (TPSA) is 50.4 Å². The van der Waals surface area contributed by atoms with Gasteiger partial charge in [0.05, 0.1) is 6.54 Å². The number of nitrogens with one attached hydrogen (secondary N) is 2. The summed E-state index contributed by atoms with van der Waals surface area (Å²) in [4.78, 5) is 11.2. The van der Waals surface area contributed by atoms with Gasteiger partial charge in [0.25, 0.3) is 0 Å². The zero-order valence-corrected chi connectivity index (χ0v) is 9.71. The van der Waals surface area contributed by atoms with Crippen LogP contribution in [-0.2, 0) is 0 Å². The average Bonchev–Trinajstić information content (AvgIpc) is 3.13. The summed E-state index contributed by atoms with van der Waals surface area (Å²) in [6, 6.07) is 3.38. The molecule has 1 fully saturated rings. The molecule has 0 unspecified atom stereocenters. The molecule has 0 heterocycles. The highest BCUT2D eigenvalue weighted by Crippen LogP contribution is 2.18. The van der Waals surface area contributed by atoms with Crippen LogP contribution in [0.3, 0.4) is 0 Å². The van der Waals surface area contributed by atoms with E-state index in [0.29, 0.717) is 12.6 Å². The zero-order valence-electron chi connectivity index (χ0n) is 9.71. The van der Waals surface area contributed by atoms with E-state index >= 15 is 0 Å². The molecular formula is C12H14F2N2O2. The fourth-order valence-corrected chi connectivity index (χ4v) is 1.36. The predicted molar refractivity (Wildman–Crippen MR) is 61.4 cm³/mol. The van der Waals surface area contributed by atoms with Gasteiger partial charge in [-0.1, -0.05) is 0 Å². The number of ether oxygens (including phenoxy) is 1. The highest BCUT2D eigenvalue weighted by atomic mass is 19.2. The lowest BCUT2D eigenvalue weighted by Crippen LogP contribution is -2.38. The summed E-state index contributed by atoms with van der Waals surface area (Å²) in [5, 5.41) is 5.36. The van der Waals surface area contributed by atoms with Crippen molar-refractivity contribution in [2.24, 2.45) is 0 Å². The third-order valence-corrected chi connectivity index (χ3v) is 2.46. The number of halogens is 2. The van der Waals surface area contributed by atoms with Gasteiger partial charge < -0.3 is 15.4 Å². The number of hydrogen-bond acceptors (Lipinski definition) is 2. The maximum Gasteiger partial charge on any atom is 0.315 e. The molecule has 1 aromatic rings. The number of benzene rings is 1. The Morgan fingerprint density at radius 3 is 2.78 bits per heavy atom. The average molecular weight is 256 g/mol. The molecule has 98 valence electrons. The van der Waals surface area contributed by atoms with Gasteiger partial charge >= 0.3 is 6.03 Å². The molecule has 0 saturated heterocycles. The minimum Gasteiger partial charge on any atom is -0.492 e. The first-order valence-corrected chi connectivity index (χ1v) is 5.77. The van der Waals surface area contributed by atoms with E-state index in [2.05, 4.69) is 10.6 Å². The van der Waals surface area contributed by atoms with E-state index in [0.717, 1.165) is 25.0 Å². The molecule has 0 atom stereocenters. The van der Waals surface area contributed by atoms with Crippen LogP contribution >= 0.6 is 0 Å². The second kappa shape index (κ2) is 5.66. The van der Waals surface area contributed by atoms with Crippen molar-refractivity contribution in [2.75, 3.05) is 13.2 Å². The number of carbonyl (C=O) groups is 1. The summed E-state index contributed by atoms with van der Waals surface area (Å²) in [5.74, 6) is -1.63. The largest absolute Gasteiger partial charge is 0.492 e. The molecule has 18 heavy (non-hydrogen) atoms. The molecule has 0 bridgehead atoms. The Morgan fingerprint density at radius 1 is 1.33 bits per heavy atom. The second-order valence-corrected chi connectivity index (χ2v) is 4.10. The van der Waals surface area contributed by atoms with Gasteiger partial charge in [-0.2, -0.15) is 0 Å². The second-order valence-electron chi connectivity index (χ2n) is 4.10. The first-order valence-electron chi connectivity index (χ1n) is 5.77. The van der Waals surface area contributed by atoms with Gasteiger partial charge in [0, 0.05) is 12.1 Å². The number of carbonyl (C=O) groups excluding carboxylic acids is 1. The van der Waals surface area contributed by atoms with Crippen molar-refractivity contribution in [3.63, 3.8) is 0 Å². The van der Waals surface area contributed by atoms with Gasteiger partial charge in [0.2, 0.25) is 0 Å². The Hall–Kier alpha value is -1.85. The van der Waals surface area contributed by atoms with Crippen LogP contribution < -0.4 is 15.4 Å². The summed E-state index contributed by atoms with van der Waals surface area (Å²) in [7, 11) is 0. The molecule has 0 spiro atoms. The Morgan fingerprint density at radius 2 is 2.11 bits per heavy atom. The third kappa shape index (κ3) is 3.87. The van der Waals surface area contributed by atoms with Gasteiger partial charge in [0.1, 0.15) is 12.4 Å². The number of rotatable bonds is 5. The molecule has 2 amide bonds. The number of amides is 2. The van der Waals surface area contributed by atoms with Gasteiger partial charge in [-0.25, -0.2) is 13.6 Å². The monoisotopic (exact) mass is 256 g/mol. The first kappa shape index (κ1) is 12.6. The molecule has 1 aromatic carbocycles. The van der Waals surface area contributed by atoms with Crippen molar-refractivity contribution in [1.82, 2.24) is 10.6 Å². The maximum atomic E-state index is 12.8. The normalized spacial score (nSPS) is 14.1. The quantitative estimate of drug-likeness (QED) is 0.789. The summed E-state index contributed by atoms with van der Waals surface area (Å²) in [6.07, 6.45) is 2.05. The van der Waals surface area contributed by atoms with E-state index in [1.807, 2.05) is 0 Å². The molecule has 0 aromatic heterocycles.